The Morgan fingerprint density at radius 3 is 1.59 bits per heavy atom. The van der Waals surface area contributed by atoms with Crippen LogP contribution in [0.2, 0.25) is 0 Å². The Bertz CT molecular complexity index is 442. The summed E-state index contributed by atoms with van der Waals surface area (Å²) in [5.41, 5.74) is 0. The van der Waals surface area contributed by atoms with E-state index in [2.05, 4.69) is 39.8 Å². The summed E-state index contributed by atoms with van der Waals surface area (Å²) in [7, 11) is 0. The molecule has 4 atom stereocenters. The summed E-state index contributed by atoms with van der Waals surface area (Å²) in [6.07, 6.45) is 28.7. The third kappa shape index (κ3) is 21.1. The second-order valence-electron chi connectivity index (χ2n) is 11.0. The van der Waals surface area contributed by atoms with Crippen LogP contribution < -0.4 is 0 Å². The molecule has 4 unspecified atom stereocenters. The van der Waals surface area contributed by atoms with Gasteiger partial charge in [-0.05, 0) is 62.7 Å². The molecule has 0 aliphatic carbocycles. The lowest BCUT2D eigenvalue weighted by molar-refractivity contribution is -0.141. The molecule has 1 N–H and O–H groups in total. The summed E-state index contributed by atoms with van der Waals surface area (Å²) < 4.78 is 0. The highest BCUT2D eigenvalue weighted by molar-refractivity contribution is 5.69. The molecule has 190 valence electrons. The molecule has 0 aromatic heterocycles. The van der Waals surface area contributed by atoms with Gasteiger partial charge >= 0.3 is 5.97 Å². The molecule has 0 aromatic carbocycles. The van der Waals surface area contributed by atoms with Gasteiger partial charge in [0, 0.05) is 0 Å². The maximum atomic E-state index is 11.0. The van der Waals surface area contributed by atoms with Crippen molar-refractivity contribution in [1.82, 2.24) is 0 Å². The molecule has 0 saturated heterocycles. The normalized spacial score (nSPS) is 15.7. The van der Waals surface area contributed by atoms with Crippen molar-refractivity contribution in [3.05, 3.63) is 12.2 Å². The number of aliphatic carboxylic acids is 1. The molecule has 0 saturated carbocycles. The van der Waals surface area contributed by atoms with E-state index < -0.39 is 5.97 Å². The molecule has 0 aromatic rings. The highest BCUT2D eigenvalue weighted by Crippen LogP contribution is 2.26. The lowest BCUT2D eigenvalue weighted by atomic mass is 9.84. The largest absolute Gasteiger partial charge is 0.481 e. The minimum Gasteiger partial charge on any atom is -0.481 e. The first kappa shape index (κ1) is 31.2. The van der Waals surface area contributed by atoms with Crippen molar-refractivity contribution >= 4 is 5.97 Å². The first-order chi connectivity index (χ1) is 15.4. The second kappa shape index (κ2) is 22.0. The van der Waals surface area contributed by atoms with Crippen LogP contribution in [0.25, 0.3) is 0 Å². The molecule has 0 aliphatic rings. The number of hydrogen-bond donors (Lipinski definition) is 1. The van der Waals surface area contributed by atoms with E-state index in [-0.39, 0.29) is 5.92 Å². The fourth-order valence-electron chi connectivity index (χ4n) is 5.13. The quantitative estimate of drug-likeness (QED) is 0.124. The van der Waals surface area contributed by atoms with Crippen molar-refractivity contribution in [2.75, 3.05) is 0 Å². The average molecular weight is 451 g/mol. The molecule has 0 heterocycles. The molecule has 2 heteroatoms. The summed E-state index contributed by atoms with van der Waals surface area (Å²) in [4.78, 5) is 11.0. The van der Waals surface area contributed by atoms with Gasteiger partial charge in [0.15, 0.2) is 0 Å². The van der Waals surface area contributed by atoms with Crippen LogP contribution in [0.15, 0.2) is 12.2 Å². The maximum Gasteiger partial charge on any atom is 0.306 e. The molecule has 0 radical (unpaired) electrons. The molecule has 0 fully saturated rings. The van der Waals surface area contributed by atoms with Crippen LogP contribution in [0.1, 0.15) is 150 Å². The summed E-state index contributed by atoms with van der Waals surface area (Å²) in [5, 5.41) is 9.08. The summed E-state index contributed by atoms with van der Waals surface area (Å²) >= 11 is 0. The van der Waals surface area contributed by atoms with Gasteiger partial charge in [0.25, 0.3) is 0 Å². The summed E-state index contributed by atoms with van der Waals surface area (Å²) in [6.45, 7) is 11.1. The zero-order chi connectivity index (χ0) is 24.0. The van der Waals surface area contributed by atoms with Gasteiger partial charge in [0.05, 0.1) is 5.92 Å². The Morgan fingerprint density at radius 2 is 1.06 bits per heavy atom. The van der Waals surface area contributed by atoms with Crippen molar-refractivity contribution in [3.63, 3.8) is 0 Å². The van der Waals surface area contributed by atoms with Gasteiger partial charge in [-0.15, -0.1) is 0 Å². The number of hydrogen-bond acceptors (Lipinski definition) is 1. The van der Waals surface area contributed by atoms with Gasteiger partial charge in [0.2, 0.25) is 0 Å². The van der Waals surface area contributed by atoms with E-state index in [0.29, 0.717) is 11.8 Å². The number of allylic oxidation sites excluding steroid dienone is 2. The van der Waals surface area contributed by atoms with Crippen LogP contribution in [0.3, 0.4) is 0 Å². The lowest BCUT2D eigenvalue weighted by Gasteiger charge is -2.21. The van der Waals surface area contributed by atoms with Gasteiger partial charge in [-0.1, -0.05) is 117 Å². The highest BCUT2D eigenvalue weighted by atomic mass is 16.4. The Hall–Kier alpha value is -0.790. The fourth-order valence-corrected chi connectivity index (χ4v) is 5.13. The third-order valence-electron chi connectivity index (χ3n) is 7.00. The van der Waals surface area contributed by atoms with Crippen molar-refractivity contribution in [1.29, 1.82) is 0 Å². The van der Waals surface area contributed by atoms with Crippen molar-refractivity contribution in [2.24, 2.45) is 23.7 Å². The predicted octanol–water partition coefficient (Wildman–Crippen LogP) is 10.2. The van der Waals surface area contributed by atoms with Crippen molar-refractivity contribution in [2.45, 2.75) is 150 Å². The number of unbranched alkanes of at least 4 members (excludes halogenated alkanes) is 12. The van der Waals surface area contributed by atoms with Gasteiger partial charge in [-0.2, -0.15) is 0 Å². The Labute approximate surface area is 202 Å². The fraction of sp³-hybridized carbons (Fsp3) is 0.900. The average Bonchev–Trinajstić information content (AvgIpc) is 2.73. The van der Waals surface area contributed by atoms with E-state index in [1.165, 1.54) is 103 Å². The van der Waals surface area contributed by atoms with E-state index in [1.54, 1.807) is 0 Å². The van der Waals surface area contributed by atoms with Crippen LogP contribution in [-0.4, -0.2) is 11.1 Å². The highest BCUT2D eigenvalue weighted by Gasteiger charge is 2.18. The molecular formula is C30H58O2. The molecule has 0 amide bonds. The number of carbonyl (C=O) groups is 1. The smallest absolute Gasteiger partial charge is 0.306 e. The van der Waals surface area contributed by atoms with Crippen molar-refractivity contribution < 1.29 is 9.90 Å². The van der Waals surface area contributed by atoms with Crippen LogP contribution in [0, 0.1) is 23.7 Å². The first-order valence-corrected chi connectivity index (χ1v) is 14.2. The Balaban J connectivity index is 3.49. The topological polar surface area (TPSA) is 37.3 Å². The third-order valence-corrected chi connectivity index (χ3v) is 7.00. The Kier molecular flexibility index (Phi) is 21.5. The zero-order valence-corrected chi connectivity index (χ0v) is 22.5. The zero-order valence-electron chi connectivity index (χ0n) is 22.5. The minimum absolute atomic E-state index is 0.212. The van der Waals surface area contributed by atoms with Crippen LogP contribution in [0.4, 0.5) is 0 Å². The van der Waals surface area contributed by atoms with Crippen LogP contribution in [-0.2, 0) is 4.79 Å². The SMILES string of the molecule is CCCCCCCC/C=C/CCCCCCCCC(C)CC(C)CC(C)CC(C)C(=O)O. The van der Waals surface area contributed by atoms with Gasteiger partial charge in [-0.3, -0.25) is 4.79 Å². The minimum atomic E-state index is -0.655. The van der Waals surface area contributed by atoms with Gasteiger partial charge in [0.1, 0.15) is 0 Å². The van der Waals surface area contributed by atoms with E-state index in [1.807, 2.05) is 6.92 Å². The van der Waals surface area contributed by atoms with E-state index in [0.717, 1.165) is 18.8 Å². The molecule has 32 heavy (non-hydrogen) atoms. The van der Waals surface area contributed by atoms with Crippen LogP contribution >= 0.6 is 0 Å². The Morgan fingerprint density at radius 1 is 0.625 bits per heavy atom. The van der Waals surface area contributed by atoms with E-state index in [4.69, 9.17) is 5.11 Å². The molecule has 0 bridgehead atoms. The summed E-state index contributed by atoms with van der Waals surface area (Å²) in [6, 6.07) is 0. The molecular weight excluding hydrogens is 392 g/mol. The van der Waals surface area contributed by atoms with Crippen LogP contribution in [0.5, 0.6) is 0 Å². The van der Waals surface area contributed by atoms with Gasteiger partial charge in [-0.25, -0.2) is 0 Å². The van der Waals surface area contributed by atoms with E-state index >= 15 is 0 Å². The van der Waals surface area contributed by atoms with E-state index in [9.17, 15) is 4.79 Å². The monoisotopic (exact) mass is 450 g/mol. The number of rotatable bonds is 23. The number of carboxylic acid groups (broad SMARTS) is 1. The van der Waals surface area contributed by atoms with Gasteiger partial charge < -0.3 is 5.11 Å². The standard InChI is InChI=1S/C30H58O2/c1-6-7-8-9-10-11-12-13-14-15-16-17-18-19-20-21-22-26(2)23-27(3)24-28(4)25-29(5)30(31)32/h13-14,26-29H,6-12,15-25H2,1-5H3,(H,31,32)/b14-13+. The molecule has 2 nitrogen and oxygen atoms in total. The lowest BCUT2D eigenvalue weighted by Crippen LogP contribution is -2.15. The number of carboxylic acids is 1. The van der Waals surface area contributed by atoms with Crippen molar-refractivity contribution in [3.8, 4) is 0 Å². The maximum absolute atomic E-state index is 11.0. The second-order valence-corrected chi connectivity index (χ2v) is 11.0. The predicted molar refractivity (Wildman–Crippen MR) is 142 cm³/mol. The molecule has 0 aliphatic heterocycles. The summed E-state index contributed by atoms with van der Waals surface area (Å²) in [5.74, 6) is 1.14. The first-order valence-electron chi connectivity index (χ1n) is 14.2. The molecule has 0 spiro atoms. The molecule has 0 rings (SSSR count).